The van der Waals surface area contributed by atoms with E-state index in [0.29, 0.717) is 5.32 Å². The summed E-state index contributed by atoms with van der Waals surface area (Å²) >= 11 is 0.0859. The van der Waals surface area contributed by atoms with E-state index in [2.05, 4.69) is 29.6 Å². The predicted molar refractivity (Wildman–Crippen MR) is 136 cm³/mol. The van der Waals surface area contributed by atoms with E-state index in [1.807, 2.05) is 48.5 Å². The fourth-order valence-electron chi connectivity index (χ4n) is 4.21. The van der Waals surface area contributed by atoms with Gasteiger partial charge in [-0.15, -0.1) is 0 Å². The fourth-order valence-corrected chi connectivity index (χ4v) is 6.31. The van der Waals surface area contributed by atoms with Crippen molar-refractivity contribution < 1.29 is 23.8 Å². The van der Waals surface area contributed by atoms with Crippen LogP contribution in [-0.2, 0) is 19.6 Å². The number of alkyl carbamates (subject to hydrolysis) is 1. The first-order chi connectivity index (χ1) is 17.1. The van der Waals surface area contributed by atoms with Gasteiger partial charge in [0.2, 0.25) is 0 Å². The normalized spacial score (nSPS) is 12.9. The summed E-state index contributed by atoms with van der Waals surface area (Å²) in [4.78, 5) is 25.2. The second-order valence-corrected chi connectivity index (χ2v) is 10.3. The van der Waals surface area contributed by atoms with Gasteiger partial charge in [-0.1, -0.05) is 0 Å². The summed E-state index contributed by atoms with van der Waals surface area (Å²) in [6.07, 6.45) is -0.606. The molecule has 4 rings (SSSR count). The SMILES string of the molecule is CCOC(=O)[C@H](C[Se]Cc1ccc(OC)cc1)NC(=O)OCC1c2ccccc2-c2ccccc21. The molecule has 0 saturated carbocycles. The van der Waals surface area contributed by atoms with Crippen molar-refractivity contribution in [3.63, 3.8) is 0 Å². The van der Waals surface area contributed by atoms with Crippen LogP contribution in [-0.4, -0.2) is 53.4 Å². The first kappa shape index (κ1) is 24.8. The predicted octanol–water partition coefficient (Wildman–Crippen LogP) is 4.79. The van der Waals surface area contributed by atoms with Crippen molar-refractivity contribution in [2.24, 2.45) is 0 Å². The molecule has 3 aromatic carbocycles. The average Bonchev–Trinajstić information content (AvgIpc) is 3.21. The Morgan fingerprint density at radius 3 is 2.14 bits per heavy atom. The number of hydrogen-bond donors (Lipinski definition) is 1. The molecule has 1 amide bonds. The molecule has 0 saturated heterocycles. The molecule has 1 aliphatic carbocycles. The van der Waals surface area contributed by atoms with Crippen molar-refractivity contribution >= 4 is 27.0 Å². The topological polar surface area (TPSA) is 73.9 Å². The van der Waals surface area contributed by atoms with E-state index in [1.165, 1.54) is 11.1 Å². The molecule has 0 heterocycles. The molecule has 6 nitrogen and oxygen atoms in total. The summed E-state index contributed by atoms with van der Waals surface area (Å²) in [5.41, 5.74) is 5.79. The van der Waals surface area contributed by atoms with Crippen molar-refractivity contribution in [1.29, 1.82) is 0 Å². The maximum atomic E-state index is 12.7. The number of methoxy groups -OCH3 is 1. The van der Waals surface area contributed by atoms with Gasteiger partial charge in [0, 0.05) is 0 Å². The third kappa shape index (κ3) is 6.05. The summed E-state index contributed by atoms with van der Waals surface area (Å²) in [5, 5.41) is 4.09. The van der Waals surface area contributed by atoms with Crippen molar-refractivity contribution in [3.05, 3.63) is 89.5 Å². The Balaban J connectivity index is 1.35. The Kier molecular flexibility index (Phi) is 8.45. The molecule has 1 aliphatic rings. The Morgan fingerprint density at radius 2 is 1.54 bits per heavy atom. The monoisotopic (exact) mass is 539 g/mol. The van der Waals surface area contributed by atoms with Crippen molar-refractivity contribution in [2.75, 3.05) is 20.3 Å². The number of fused-ring (bicyclic) bond motifs is 3. The Labute approximate surface area is 212 Å². The van der Waals surface area contributed by atoms with E-state index >= 15 is 0 Å². The fraction of sp³-hybridized carbons (Fsp3) is 0.286. The molecule has 0 fully saturated rings. The summed E-state index contributed by atoms with van der Waals surface area (Å²) < 4.78 is 16.0. The van der Waals surface area contributed by atoms with Gasteiger partial charge in [-0.25, -0.2) is 0 Å². The van der Waals surface area contributed by atoms with E-state index in [1.54, 1.807) is 14.0 Å². The maximum absolute atomic E-state index is 12.7. The molecule has 1 N–H and O–H groups in total. The first-order valence-electron chi connectivity index (χ1n) is 11.6. The first-order valence-corrected chi connectivity index (χ1v) is 14.0. The molecule has 7 heteroatoms. The molecule has 0 aromatic heterocycles. The van der Waals surface area contributed by atoms with E-state index in [-0.39, 0.29) is 34.1 Å². The summed E-state index contributed by atoms with van der Waals surface area (Å²) in [7, 11) is 1.64. The van der Waals surface area contributed by atoms with Crippen molar-refractivity contribution in [2.45, 2.75) is 29.5 Å². The van der Waals surface area contributed by atoms with Crippen molar-refractivity contribution in [3.8, 4) is 16.9 Å². The van der Waals surface area contributed by atoms with Crippen LogP contribution >= 0.6 is 0 Å². The van der Waals surface area contributed by atoms with Crippen LogP contribution in [0, 0.1) is 0 Å². The number of hydrogen-bond acceptors (Lipinski definition) is 5. The minimum absolute atomic E-state index is 0.0338. The van der Waals surface area contributed by atoms with Crippen LogP contribution < -0.4 is 10.1 Å². The number of ether oxygens (including phenoxy) is 3. The zero-order valence-electron chi connectivity index (χ0n) is 19.9. The number of carbonyl (C=O) groups is 2. The van der Waals surface area contributed by atoms with E-state index in [9.17, 15) is 9.59 Å². The standard InChI is InChI=1S/C28H29NO5Se/c1-3-33-27(30)26(18-35-17-19-12-14-20(32-2)15-13-19)29-28(31)34-16-25-23-10-6-4-8-21(23)22-9-5-7-11-24(22)25/h4-15,25-26H,3,16-18H2,1-2H3,(H,29,31)/t26-/m0/s1. The van der Waals surface area contributed by atoms with Crippen LogP contribution in [0.25, 0.3) is 11.1 Å². The van der Waals surface area contributed by atoms with Crippen molar-refractivity contribution in [1.82, 2.24) is 5.32 Å². The third-order valence-corrected chi connectivity index (χ3v) is 8.24. The molecule has 3 aromatic rings. The molecular weight excluding hydrogens is 509 g/mol. The summed E-state index contributed by atoms with van der Waals surface area (Å²) in [6.45, 7) is 2.21. The van der Waals surface area contributed by atoms with E-state index in [0.717, 1.165) is 27.8 Å². The molecule has 0 bridgehead atoms. The van der Waals surface area contributed by atoms with Crippen LogP contribution in [0.4, 0.5) is 4.79 Å². The Hall–Kier alpha value is -3.28. The van der Waals surface area contributed by atoms with Crippen LogP contribution in [0.3, 0.4) is 0 Å². The van der Waals surface area contributed by atoms with Gasteiger partial charge >= 0.3 is 212 Å². The Morgan fingerprint density at radius 1 is 0.914 bits per heavy atom. The summed E-state index contributed by atoms with van der Waals surface area (Å²) in [5.74, 6) is 0.341. The molecule has 1 atom stereocenters. The third-order valence-electron chi connectivity index (χ3n) is 5.92. The number of nitrogens with one attached hydrogen (secondary N) is 1. The second kappa shape index (κ2) is 11.9. The van der Waals surface area contributed by atoms with E-state index in [4.69, 9.17) is 14.2 Å². The number of rotatable bonds is 10. The molecule has 0 unspecified atom stereocenters. The number of carbonyl (C=O) groups excluding carboxylic acids is 2. The van der Waals surface area contributed by atoms with Gasteiger partial charge in [0.05, 0.1) is 0 Å². The summed E-state index contributed by atoms with van der Waals surface area (Å²) in [6, 6.07) is 23.5. The molecule has 182 valence electrons. The zero-order chi connectivity index (χ0) is 24.6. The van der Waals surface area contributed by atoms with Gasteiger partial charge in [0.1, 0.15) is 0 Å². The quantitative estimate of drug-likeness (QED) is 0.297. The molecular formula is C28H29NO5Se. The number of benzene rings is 3. The van der Waals surface area contributed by atoms with Gasteiger partial charge in [-0.05, 0) is 0 Å². The second-order valence-electron chi connectivity index (χ2n) is 8.14. The van der Waals surface area contributed by atoms with E-state index < -0.39 is 18.1 Å². The zero-order valence-corrected chi connectivity index (χ0v) is 21.6. The van der Waals surface area contributed by atoms with Gasteiger partial charge in [-0.3, -0.25) is 0 Å². The van der Waals surface area contributed by atoms with Crippen LogP contribution in [0.1, 0.15) is 29.5 Å². The van der Waals surface area contributed by atoms with Gasteiger partial charge in [0.15, 0.2) is 0 Å². The number of esters is 1. The van der Waals surface area contributed by atoms with Crippen LogP contribution in [0.5, 0.6) is 5.75 Å². The average molecular weight is 539 g/mol. The van der Waals surface area contributed by atoms with Gasteiger partial charge in [0.25, 0.3) is 0 Å². The Bertz CT molecular complexity index is 1120. The number of amides is 1. The minimum atomic E-state index is -0.733. The van der Waals surface area contributed by atoms with Crippen LogP contribution in [0.15, 0.2) is 72.8 Å². The molecule has 0 spiro atoms. The molecule has 35 heavy (non-hydrogen) atoms. The van der Waals surface area contributed by atoms with Crippen LogP contribution in [0.2, 0.25) is 5.32 Å². The molecule has 0 radical (unpaired) electrons. The molecule has 0 aliphatic heterocycles. The van der Waals surface area contributed by atoms with Gasteiger partial charge < -0.3 is 0 Å². The van der Waals surface area contributed by atoms with Gasteiger partial charge in [-0.2, -0.15) is 0 Å².